The third-order valence-electron chi connectivity index (χ3n) is 4.03. The Morgan fingerprint density at radius 2 is 1.89 bits per heavy atom. The molecule has 0 fully saturated rings. The molecule has 0 atom stereocenters. The second-order valence-corrected chi connectivity index (χ2v) is 5.63. The molecule has 0 radical (unpaired) electrons. The van der Waals surface area contributed by atoms with Crippen LogP contribution in [0.25, 0.3) is 0 Å². The van der Waals surface area contributed by atoms with E-state index in [0.29, 0.717) is 0 Å². The van der Waals surface area contributed by atoms with Gasteiger partial charge in [-0.3, -0.25) is 5.10 Å². The maximum absolute atomic E-state index is 5.76. The average molecular weight is 241 g/mol. The zero-order valence-electron chi connectivity index (χ0n) is 11.0. The normalized spacial score (nSPS) is 14.8. The number of rotatable bonds is 2. The minimum atomic E-state index is -0.0673. The molecule has 1 aromatic carbocycles. The van der Waals surface area contributed by atoms with Gasteiger partial charge in [-0.15, -0.1) is 0 Å². The summed E-state index contributed by atoms with van der Waals surface area (Å²) in [6, 6.07) is 8.13. The van der Waals surface area contributed by atoms with E-state index >= 15 is 0 Å². The number of nitrogens with two attached hydrogens (primary N) is 1. The molecular formula is C15H19N3. The highest BCUT2D eigenvalue weighted by atomic mass is 15.1. The molecule has 0 bridgehead atoms. The molecule has 0 aliphatic heterocycles. The number of nitrogens with one attached hydrogen (secondary N) is 1. The molecule has 18 heavy (non-hydrogen) atoms. The summed E-state index contributed by atoms with van der Waals surface area (Å²) >= 11 is 0. The number of anilines is 1. The smallest absolute Gasteiger partial charge is 0.0756 e. The predicted molar refractivity (Wildman–Crippen MR) is 73.6 cm³/mol. The van der Waals surface area contributed by atoms with Crippen LogP contribution in [-0.2, 0) is 18.3 Å². The van der Waals surface area contributed by atoms with Gasteiger partial charge < -0.3 is 5.73 Å². The van der Waals surface area contributed by atoms with Crippen LogP contribution in [0.1, 0.15) is 42.8 Å². The van der Waals surface area contributed by atoms with Crippen LogP contribution in [0.5, 0.6) is 0 Å². The van der Waals surface area contributed by atoms with E-state index < -0.39 is 0 Å². The lowest BCUT2D eigenvalue weighted by Crippen LogP contribution is -2.21. The summed E-state index contributed by atoms with van der Waals surface area (Å²) in [6.45, 7) is 4.46. The Bertz CT molecular complexity index is 564. The number of aryl methyl sites for hydroxylation is 1. The van der Waals surface area contributed by atoms with Gasteiger partial charge in [-0.1, -0.05) is 26.0 Å². The minimum absolute atomic E-state index is 0.0673. The Labute approximate surface area is 107 Å². The standard InChI is InChI=1S/C15H19N3/c1-15(2,10-6-8-11(16)9-7-10)14-12-4-3-5-13(12)17-18-14/h6-9H,3-5,16H2,1-2H3,(H,17,18). The molecule has 0 unspecified atom stereocenters. The first-order valence-electron chi connectivity index (χ1n) is 6.51. The highest BCUT2D eigenvalue weighted by molar-refractivity contribution is 5.46. The van der Waals surface area contributed by atoms with Gasteiger partial charge in [-0.2, -0.15) is 5.10 Å². The number of aromatic amines is 1. The van der Waals surface area contributed by atoms with Crippen molar-refractivity contribution in [3.8, 4) is 0 Å². The third kappa shape index (κ3) is 1.62. The van der Waals surface area contributed by atoms with Gasteiger partial charge in [-0.25, -0.2) is 0 Å². The van der Waals surface area contributed by atoms with Gasteiger partial charge in [0.2, 0.25) is 0 Å². The Balaban J connectivity index is 2.06. The maximum Gasteiger partial charge on any atom is 0.0756 e. The van der Waals surface area contributed by atoms with E-state index in [0.717, 1.165) is 18.5 Å². The Hall–Kier alpha value is -1.77. The van der Waals surface area contributed by atoms with E-state index in [4.69, 9.17) is 5.73 Å². The second kappa shape index (κ2) is 3.87. The Morgan fingerprint density at radius 1 is 1.17 bits per heavy atom. The van der Waals surface area contributed by atoms with Crippen LogP contribution in [0.2, 0.25) is 0 Å². The topological polar surface area (TPSA) is 54.7 Å². The zero-order valence-corrected chi connectivity index (χ0v) is 11.0. The summed E-state index contributed by atoms with van der Waals surface area (Å²) in [4.78, 5) is 0. The number of benzene rings is 1. The summed E-state index contributed by atoms with van der Waals surface area (Å²) < 4.78 is 0. The van der Waals surface area contributed by atoms with Crippen LogP contribution in [-0.4, -0.2) is 10.2 Å². The van der Waals surface area contributed by atoms with Crippen molar-refractivity contribution in [1.82, 2.24) is 10.2 Å². The highest BCUT2D eigenvalue weighted by Crippen LogP contribution is 2.36. The average Bonchev–Trinajstić information content (AvgIpc) is 2.90. The summed E-state index contributed by atoms with van der Waals surface area (Å²) in [5.74, 6) is 0. The van der Waals surface area contributed by atoms with Crippen molar-refractivity contribution in [2.75, 3.05) is 5.73 Å². The van der Waals surface area contributed by atoms with Crippen molar-refractivity contribution in [2.45, 2.75) is 38.5 Å². The molecule has 3 heteroatoms. The number of H-pyrrole nitrogens is 1. The van der Waals surface area contributed by atoms with Gasteiger partial charge in [0, 0.05) is 16.8 Å². The molecule has 3 N–H and O–H groups in total. The van der Waals surface area contributed by atoms with E-state index in [1.807, 2.05) is 12.1 Å². The van der Waals surface area contributed by atoms with Gasteiger partial charge in [0.1, 0.15) is 0 Å². The summed E-state index contributed by atoms with van der Waals surface area (Å²) in [5, 5.41) is 7.75. The number of nitrogens with zero attached hydrogens (tertiary/aromatic N) is 1. The van der Waals surface area contributed by atoms with Crippen LogP contribution >= 0.6 is 0 Å². The molecule has 3 nitrogen and oxygen atoms in total. The molecular weight excluding hydrogens is 222 g/mol. The van der Waals surface area contributed by atoms with Crippen LogP contribution in [0.15, 0.2) is 24.3 Å². The molecule has 1 aliphatic carbocycles. The largest absolute Gasteiger partial charge is 0.399 e. The van der Waals surface area contributed by atoms with Gasteiger partial charge >= 0.3 is 0 Å². The molecule has 0 saturated carbocycles. The number of nitrogen functional groups attached to an aromatic ring is 1. The van der Waals surface area contributed by atoms with Crippen molar-refractivity contribution in [3.05, 3.63) is 46.8 Å². The Kier molecular flexibility index (Phi) is 2.44. The number of fused-ring (bicyclic) bond motifs is 1. The number of aromatic nitrogens is 2. The van der Waals surface area contributed by atoms with Crippen LogP contribution in [0.3, 0.4) is 0 Å². The lowest BCUT2D eigenvalue weighted by Gasteiger charge is -2.24. The first kappa shape index (κ1) is 11.3. The van der Waals surface area contributed by atoms with Crippen LogP contribution in [0.4, 0.5) is 5.69 Å². The van der Waals surface area contributed by atoms with E-state index in [2.05, 4.69) is 36.2 Å². The molecule has 94 valence electrons. The van der Waals surface area contributed by atoms with Crippen molar-refractivity contribution >= 4 is 5.69 Å². The molecule has 2 aromatic rings. The molecule has 1 heterocycles. The summed E-state index contributed by atoms with van der Waals surface area (Å²) in [5.41, 5.74) is 11.7. The molecule has 0 amide bonds. The molecule has 0 spiro atoms. The van der Waals surface area contributed by atoms with E-state index in [1.165, 1.54) is 28.9 Å². The first-order chi connectivity index (χ1) is 8.59. The van der Waals surface area contributed by atoms with Gasteiger partial charge in [0.25, 0.3) is 0 Å². The Morgan fingerprint density at radius 3 is 2.61 bits per heavy atom. The van der Waals surface area contributed by atoms with Gasteiger partial charge in [0.05, 0.1) is 5.69 Å². The van der Waals surface area contributed by atoms with Crippen molar-refractivity contribution in [1.29, 1.82) is 0 Å². The maximum atomic E-state index is 5.76. The second-order valence-electron chi connectivity index (χ2n) is 5.63. The third-order valence-corrected chi connectivity index (χ3v) is 4.03. The summed E-state index contributed by atoms with van der Waals surface area (Å²) in [7, 11) is 0. The molecule has 3 rings (SSSR count). The number of hydrogen-bond acceptors (Lipinski definition) is 2. The van der Waals surface area contributed by atoms with E-state index in [-0.39, 0.29) is 5.41 Å². The van der Waals surface area contributed by atoms with Crippen molar-refractivity contribution in [3.63, 3.8) is 0 Å². The van der Waals surface area contributed by atoms with Gasteiger partial charge in [-0.05, 0) is 42.5 Å². The molecule has 1 aromatic heterocycles. The van der Waals surface area contributed by atoms with Crippen molar-refractivity contribution in [2.24, 2.45) is 0 Å². The SMILES string of the molecule is CC(C)(c1ccc(N)cc1)c1n[nH]c2c1CCC2. The monoisotopic (exact) mass is 241 g/mol. The quantitative estimate of drug-likeness (QED) is 0.794. The minimum Gasteiger partial charge on any atom is -0.399 e. The van der Waals surface area contributed by atoms with Crippen molar-refractivity contribution < 1.29 is 0 Å². The lowest BCUT2D eigenvalue weighted by molar-refractivity contribution is 0.604. The van der Waals surface area contributed by atoms with Crippen LogP contribution < -0.4 is 5.73 Å². The molecule has 1 aliphatic rings. The fourth-order valence-electron chi connectivity index (χ4n) is 2.87. The zero-order chi connectivity index (χ0) is 12.8. The van der Waals surface area contributed by atoms with E-state index in [1.54, 1.807) is 0 Å². The summed E-state index contributed by atoms with van der Waals surface area (Å²) in [6.07, 6.45) is 3.54. The fraction of sp³-hybridized carbons (Fsp3) is 0.400. The lowest BCUT2D eigenvalue weighted by atomic mass is 9.79. The van der Waals surface area contributed by atoms with E-state index in [9.17, 15) is 0 Å². The first-order valence-corrected chi connectivity index (χ1v) is 6.51. The highest BCUT2D eigenvalue weighted by Gasteiger charge is 2.31. The van der Waals surface area contributed by atoms with Gasteiger partial charge in [0.15, 0.2) is 0 Å². The predicted octanol–water partition coefficient (Wildman–Crippen LogP) is 2.81. The number of hydrogen-bond donors (Lipinski definition) is 2. The fourth-order valence-corrected chi connectivity index (χ4v) is 2.87. The molecule has 0 saturated heterocycles. The van der Waals surface area contributed by atoms with Crippen LogP contribution in [0, 0.1) is 0 Å².